The summed E-state index contributed by atoms with van der Waals surface area (Å²) in [7, 11) is 0. The van der Waals surface area contributed by atoms with Gasteiger partial charge in [0.1, 0.15) is 0 Å². The molecule has 98 valence electrons. The molecule has 5 atom stereocenters. The quantitative estimate of drug-likeness (QED) is 0.616. The van der Waals surface area contributed by atoms with E-state index in [2.05, 4.69) is 13.8 Å². The van der Waals surface area contributed by atoms with Gasteiger partial charge in [-0.05, 0) is 37.5 Å². The standard InChI is InChI=1S/C14H18O4/c1-12(2)6-13(3)10(16)18-11-14(13)7(9(15)17-11)4-5-8(12)14/h7-8,11H,4-6H2,1-3H3/t7-,8-,11?,13+,14?/m0/s1. The number of rotatable bonds is 0. The molecule has 0 N–H and O–H groups in total. The minimum absolute atomic E-state index is 0.0785. The number of ether oxygens (including phenoxy) is 2. The van der Waals surface area contributed by atoms with Gasteiger partial charge >= 0.3 is 11.9 Å². The summed E-state index contributed by atoms with van der Waals surface area (Å²) >= 11 is 0. The molecule has 18 heavy (non-hydrogen) atoms. The smallest absolute Gasteiger partial charge is 0.315 e. The van der Waals surface area contributed by atoms with Crippen LogP contribution in [0.1, 0.15) is 40.0 Å². The molecule has 0 aromatic rings. The van der Waals surface area contributed by atoms with E-state index in [-0.39, 0.29) is 28.7 Å². The molecule has 1 spiro atoms. The van der Waals surface area contributed by atoms with Gasteiger partial charge in [0.2, 0.25) is 0 Å². The Morgan fingerprint density at radius 3 is 2.56 bits per heavy atom. The van der Waals surface area contributed by atoms with Crippen molar-refractivity contribution < 1.29 is 19.1 Å². The van der Waals surface area contributed by atoms with Gasteiger partial charge in [-0.2, -0.15) is 0 Å². The summed E-state index contributed by atoms with van der Waals surface area (Å²) in [6.45, 7) is 6.41. The molecule has 0 bridgehead atoms. The second kappa shape index (κ2) is 2.61. The van der Waals surface area contributed by atoms with E-state index in [1.54, 1.807) is 0 Å². The third-order valence-electron chi connectivity index (χ3n) is 6.17. The molecule has 0 aromatic heterocycles. The number of carbonyl (C=O) groups is 2. The number of hydrogen-bond acceptors (Lipinski definition) is 4. The highest BCUT2D eigenvalue weighted by Crippen LogP contribution is 2.78. The number of carbonyl (C=O) groups excluding carboxylic acids is 2. The van der Waals surface area contributed by atoms with E-state index >= 15 is 0 Å². The first-order chi connectivity index (χ1) is 8.34. The normalized spacial score (nSPS) is 55.2. The Kier molecular flexibility index (Phi) is 1.57. The van der Waals surface area contributed by atoms with Crippen LogP contribution < -0.4 is 0 Å². The molecule has 4 aliphatic rings. The zero-order valence-corrected chi connectivity index (χ0v) is 11.0. The lowest BCUT2D eigenvalue weighted by molar-refractivity contribution is -0.176. The fourth-order valence-electron chi connectivity index (χ4n) is 5.83. The molecule has 4 rings (SSSR count). The first-order valence-corrected chi connectivity index (χ1v) is 6.75. The van der Waals surface area contributed by atoms with Crippen molar-refractivity contribution in [2.45, 2.75) is 46.3 Å². The predicted octanol–water partition coefficient (Wildman–Crippen LogP) is 1.87. The van der Waals surface area contributed by atoms with Crippen molar-refractivity contribution in [1.29, 1.82) is 0 Å². The Morgan fingerprint density at radius 1 is 1.11 bits per heavy atom. The Morgan fingerprint density at radius 2 is 1.83 bits per heavy atom. The minimum Gasteiger partial charge on any atom is -0.424 e. The summed E-state index contributed by atoms with van der Waals surface area (Å²) < 4.78 is 10.8. The second-order valence-electron chi connectivity index (χ2n) is 7.29. The summed E-state index contributed by atoms with van der Waals surface area (Å²) in [5, 5.41) is 0. The van der Waals surface area contributed by atoms with Gasteiger partial charge < -0.3 is 9.47 Å². The van der Waals surface area contributed by atoms with Gasteiger partial charge in [-0.1, -0.05) is 13.8 Å². The van der Waals surface area contributed by atoms with Gasteiger partial charge in [0.15, 0.2) is 0 Å². The van der Waals surface area contributed by atoms with Gasteiger partial charge in [0.25, 0.3) is 6.29 Å². The monoisotopic (exact) mass is 250 g/mol. The van der Waals surface area contributed by atoms with E-state index in [9.17, 15) is 9.59 Å². The average molecular weight is 250 g/mol. The molecule has 2 saturated heterocycles. The molecule has 4 nitrogen and oxygen atoms in total. The van der Waals surface area contributed by atoms with Gasteiger partial charge in [0, 0.05) is 0 Å². The fraction of sp³-hybridized carbons (Fsp3) is 0.857. The van der Waals surface area contributed by atoms with Crippen molar-refractivity contribution in [2.75, 3.05) is 0 Å². The van der Waals surface area contributed by atoms with Crippen molar-refractivity contribution in [3.63, 3.8) is 0 Å². The maximum atomic E-state index is 12.3. The van der Waals surface area contributed by atoms with Gasteiger partial charge in [-0.3, -0.25) is 9.59 Å². The molecule has 2 aliphatic carbocycles. The van der Waals surface area contributed by atoms with Crippen LogP contribution in [-0.4, -0.2) is 18.2 Å². The summed E-state index contributed by atoms with van der Waals surface area (Å²) in [5.74, 6) is -0.102. The minimum atomic E-state index is -0.623. The molecule has 4 heteroatoms. The lowest BCUT2D eigenvalue weighted by Crippen LogP contribution is -2.44. The molecule has 2 unspecified atom stereocenters. The molecular formula is C14H18O4. The summed E-state index contributed by atoms with van der Waals surface area (Å²) in [6.07, 6.45) is 2.03. The highest BCUT2D eigenvalue weighted by Gasteiger charge is 2.84. The third-order valence-corrected chi connectivity index (χ3v) is 6.17. The number of hydrogen-bond donors (Lipinski definition) is 0. The lowest BCUT2D eigenvalue weighted by Gasteiger charge is -2.35. The van der Waals surface area contributed by atoms with Crippen LogP contribution in [0, 0.1) is 28.1 Å². The van der Waals surface area contributed by atoms with E-state index in [4.69, 9.17) is 9.47 Å². The Hall–Kier alpha value is -1.06. The van der Waals surface area contributed by atoms with Crippen LogP contribution in [-0.2, 0) is 19.1 Å². The summed E-state index contributed by atoms with van der Waals surface area (Å²) in [5.41, 5.74) is -0.848. The zero-order valence-electron chi connectivity index (χ0n) is 11.0. The first kappa shape index (κ1) is 10.8. The SMILES string of the molecule is CC1(C)C[C@]2(C)C(=O)OC3OC(=O)[C@@H]4CC[C@@H]1C342. The van der Waals surface area contributed by atoms with Crippen molar-refractivity contribution in [1.82, 2.24) is 0 Å². The summed E-state index contributed by atoms with van der Waals surface area (Å²) in [6, 6.07) is 0. The van der Waals surface area contributed by atoms with Crippen LogP contribution in [0.2, 0.25) is 0 Å². The van der Waals surface area contributed by atoms with E-state index in [1.165, 1.54) is 0 Å². The van der Waals surface area contributed by atoms with Crippen LogP contribution in [0.15, 0.2) is 0 Å². The van der Waals surface area contributed by atoms with Gasteiger partial charge in [0.05, 0.1) is 16.7 Å². The molecule has 0 aromatic carbocycles. The maximum Gasteiger partial charge on any atom is 0.315 e. The number of esters is 2. The first-order valence-electron chi connectivity index (χ1n) is 6.75. The second-order valence-corrected chi connectivity index (χ2v) is 7.29. The van der Waals surface area contributed by atoms with Crippen molar-refractivity contribution in [3.8, 4) is 0 Å². The highest BCUT2D eigenvalue weighted by atomic mass is 16.7. The van der Waals surface area contributed by atoms with Crippen LogP contribution in [0.3, 0.4) is 0 Å². The fourth-order valence-corrected chi connectivity index (χ4v) is 5.83. The van der Waals surface area contributed by atoms with Gasteiger partial charge in [-0.25, -0.2) is 0 Å². The average Bonchev–Trinajstić information content (AvgIpc) is 2.85. The van der Waals surface area contributed by atoms with Crippen molar-refractivity contribution in [3.05, 3.63) is 0 Å². The predicted molar refractivity (Wildman–Crippen MR) is 61.1 cm³/mol. The molecule has 4 fully saturated rings. The largest absolute Gasteiger partial charge is 0.424 e. The van der Waals surface area contributed by atoms with Crippen LogP contribution in [0.4, 0.5) is 0 Å². The molecule has 0 amide bonds. The summed E-state index contributed by atoms with van der Waals surface area (Å²) in [4.78, 5) is 24.3. The van der Waals surface area contributed by atoms with E-state index < -0.39 is 11.7 Å². The maximum absolute atomic E-state index is 12.3. The van der Waals surface area contributed by atoms with Crippen LogP contribution in [0.25, 0.3) is 0 Å². The molecular weight excluding hydrogens is 232 g/mol. The van der Waals surface area contributed by atoms with Crippen LogP contribution >= 0.6 is 0 Å². The third kappa shape index (κ3) is 0.782. The van der Waals surface area contributed by atoms with E-state index in [1.807, 2.05) is 6.92 Å². The molecule has 2 saturated carbocycles. The van der Waals surface area contributed by atoms with Crippen molar-refractivity contribution in [2.24, 2.45) is 28.1 Å². The highest BCUT2D eigenvalue weighted by molar-refractivity contribution is 5.87. The lowest BCUT2D eigenvalue weighted by atomic mass is 9.61. The molecule has 0 radical (unpaired) electrons. The van der Waals surface area contributed by atoms with Crippen LogP contribution in [0.5, 0.6) is 0 Å². The van der Waals surface area contributed by atoms with Crippen molar-refractivity contribution >= 4 is 11.9 Å². The molecule has 2 aliphatic heterocycles. The Balaban J connectivity index is 1.99. The Labute approximate surface area is 106 Å². The zero-order chi connectivity index (χ0) is 12.9. The molecule has 2 heterocycles. The topological polar surface area (TPSA) is 52.6 Å². The van der Waals surface area contributed by atoms with E-state index in [0.29, 0.717) is 5.92 Å². The Bertz CT molecular complexity index is 482. The van der Waals surface area contributed by atoms with E-state index in [0.717, 1.165) is 19.3 Å². The van der Waals surface area contributed by atoms with Gasteiger partial charge in [-0.15, -0.1) is 0 Å².